The molecule has 0 saturated carbocycles. The van der Waals surface area contributed by atoms with Crippen LogP contribution in [0.25, 0.3) is 0 Å². The Balaban J connectivity index is 2.54. The molecule has 0 aliphatic carbocycles. The molecule has 0 radical (unpaired) electrons. The van der Waals surface area contributed by atoms with Crippen LogP contribution >= 0.6 is 0 Å². The molecule has 1 heterocycles. The van der Waals surface area contributed by atoms with Crippen LogP contribution in [0, 0.1) is 10.1 Å². The highest BCUT2D eigenvalue weighted by Crippen LogP contribution is 2.09. The predicted molar refractivity (Wildman–Crippen MR) is 54.2 cm³/mol. The molecular formula is C9H17N3O2. The molecule has 1 rings (SSSR count). The second-order valence-electron chi connectivity index (χ2n) is 3.42. The molecule has 0 aromatic heterocycles. The van der Waals surface area contributed by atoms with Crippen LogP contribution in [-0.2, 0) is 0 Å². The van der Waals surface area contributed by atoms with Crippen LogP contribution in [0.3, 0.4) is 0 Å². The summed E-state index contributed by atoms with van der Waals surface area (Å²) in [5.74, 6) is 0.662. The van der Waals surface area contributed by atoms with E-state index in [9.17, 15) is 10.1 Å². The SMILES string of the molecule is CCCCN1CCCN/C1=C/[N+](=O)[O-]. The topological polar surface area (TPSA) is 58.4 Å². The molecule has 0 spiro atoms. The van der Waals surface area contributed by atoms with Crippen molar-refractivity contribution in [2.75, 3.05) is 19.6 Å². The van der Waals surface area contributed by atoms with Gasteiger partial charge in [-0.15, -0.1) is 0 Å². The van der Waals surface area contributed by atoms with Gasteiger partial charge in [0.1, 0.15) is 0 Å². The Morgan fingerprint density at radius 3 is 3.14 bits per heavy atom. The maximum Gasteiger partial charge on any atom is 0.274 e. The molecular weight excluding hydrogens is 182 g/mol. The number of nitro groups is 1. The van der Waals surface area contributed by atoms with Gasteiger partial charge in [-0.25, -0.2) is 0 Å². The maximum absolute atomic E-state index is 10.3. The van der Waals surface area contributed by atoms with E-state index in [2.05, 4.69) is 17.1 Å². The Hall–Kier alpha value is -1.26. The van der Waals surface area contributed by atoms with E-state index < -0.39 is 4.92 Å². The third-order valence-electron chi connectivity index (χ3n) is 2.26. The molecule has 1 fully saturated rings. The smallest absolute Gasteiger partial charge is 0.274 e. The molecule has 1 aliphatic rings. The second kappa shape index (κ2) is 5.47. The fourth-order valence-corrected chi connectivity index (χ4v) is 1.53. The minimum atomic E-state index is -0.396. The highest BCUT2D eigenvalue weighted by Gasteiger charge is 2.16. The number of hydrogen-bond donors (Lipinski definition) is 1. The molecule has 0 aromatic carbocycles. The normalized spacial score (nSPS) is 19.5. The van der Waals surface area contributed by atoms with Crippen molar-refractivity contribution in [1.82, 2.24) is 10.2 Å². The molecule has 5 nitrogen and oxygen atoms in total. The van der Waals surface area contributed by atoms with E-state index in [1.54, 1.807) is 0 Å². The number of nitrogens with one attached hydrogen (secondary N) is 1. The average Bonchev–Trinajstić information content (AvgIpc) is 2.16. The van der Waals surface area contributed by atoms with E-state index in [1.165, 1.54) is 0 Å². The largest absolute Gasteiger partial charge is 0.367 e. The molecule has 14 heavy (non-hydrogen) atoms. The van der Waals surface area contributed by atoms with Gasteiger partial charge in [-0.1, -0.05) is 13.3 Å². The van der Waals surface area contributed by atoms with Crippen LogP contribution in [0.1, 0.15) is 26.2 Å². The first-order chi connectivity index (χ1) is 6.74. The Bertz CT molecular complexity index is 228. The molecule has 0 aromatic rings. The predicted octanol–water partition coefficient (Wildman–Crippen LogP) is 1.16. The summed E-state index contributed by atoms with van der Waals surface area (Å²) in [7, 11) is 0. The molecule has 1 aliphatic heterocycles. The zero-order chi connectivity index (χ0) is 10.4. The lowest BCUT2D eigenvalue weighted by atomic mass is 10.2. The van der Waals surface area contributed by atoms with Gasteiger partial charge in [-0.2, -0.15) is 0 Å². The molecule has 80 valence electrons. The van der Waals surface area contributed by atoms with E-state index in [4.69, 9.17) is 0 Å². The number of hydrogen-bond acceptors (Lipinski definition) is 4. The molecule has 0 amide bonds. The summed E-state index contributed by atoms with van der Waals surface area (Å²) in [5, 5.41) is 13.4. The Labute approximate surface area is 83.9 Å². The van der Waals surface area contributed by atoms with Crippen molar-refractivity contribution in [2.45, 2.75) is 26.2 Å². The van der Waals surface area contributed by atoms with E-state index in [0.717, 1.165) is 45.1 Å². The van der Waals surface area contributed by atoms with Crippen molar-refractivity contribution >= 4 is 0 Å². The molecule has 0 unspecified atom stereocenters. The summed E-state index contributed by atoms with van der Waals surface area (Å²) < 4.78 is 0. The van der Waals surface area contributed by atoms with Crippen LogP contribution in [0.2, 0.25) is 0 Å². The number of unbranched alkanes of at least 4 members (excludes halogenated alkanes) is 1. The lowest BCUT2D eigenvalue weighted by Gasteiger charge is -2.30. The summed E-state index contributed by atoms with van der Waals surface area (Å²) in [4.78, 5) is 12.0. The van der Waals surface area contributed by atoms with Crippen LogP contribution in [0.4, 0.5) is 0 Å². The van der Waals surface area contributed by atoms with Crippen molar-refractivity contribution in [3.63, 3.8) is 0 Å². The minimum absolute atomic E-state index is 0.396. The Morgan fingerprint density at radius 2 is 2.50 bits per heavy atom. The molecule has 1 saturated heterocycles. The van der Waals surface area contributed by atoms with Crippen molar-refractivity contribution in [3.05, 3.63) is 22.1 Å². The van der Waals surface area contributed by atoms with Crippen LogP contribution in [0.15, 0.2) is 12.0 Å². The first kappa shape index (κ1) is 10.8. The van der Waals surface area contributed by atoms with Crippen molar-refractivity contribution < 1.29 is 4.92 Å². The molecule has 5 heteroatoms. The summed E-state index contributed by atoms with van der Waals surface area (Å²) >= 11 is 0. The third-order valence-corrected chi connectivity index (χ3v) is 2.26. The standard InChI is InChI=1S/C9H17N3O2/c1-2-3-6-11-7-4-5-10-9(11)8-12(13)14/h8,10H,2-7H2,1H3/b9-8-. The zero-order valence-corrected chi connectivity index (χ0v) is 8.53. The zero-order valence-electron chi connectivity index (χ0n) is 8.53. The second-order valence-corrected chi connectivity index (χ2v) is 3.42. The number of nitrogens with zero attached hydrogens (tertiary/aromatic N) is 2. The summed E-state index contributed by atoms with van der Waals surface area (Å²) in [6.07, 6.45) is 4.31. The summed E-state index contributed by atoms with van der Waals surface area (Å²) in [5.41, 5.74) is 0. The molecule has 0 bridgehead atoms. The quantitative estimate of drug-likeness (QED) is 0.545. The van der Waals surface area contributed by atoms with Gasteiger partial charge in [0.15, 0.2) is 5.82 Å². The van der Waals surface area contributed by atoms with Gasteiger partial charge in [0.25, 0.3) is 6.20 Å². The summed E-state index contributed by atoms with van der Waals surface area (Å²) in [6, 6.07) is 0. The first-order valence-electron chi connectivity index (χ1n) is 5.08. The monoisotopic (exact) mass is 199 g/mol. The van der Waals surface area contributed by atoms with E-state index in [1.807, 2.05) is 0 Å². The average molecular weight is 199 g/mol. The van der Waals surface area contributed by atoms with Crippen molar-refractivity contribution in [1.29, 1.82) is 0 Å². The van der Waals surface area contributed by atoms with Gasteiger partial charge in [0, 0.05) is 19.6 Å². The Kier molecular flexibility index (Phi) is 4.22. The minimum Gasteiger partial charge on any atom is -0.367 e. The fourth-order valence-electron chi connectivity index (χ4n) is 1.53. The van der Waals surface area contributed by atoms with Gasteiger partial charge in [-0.05, 0) is 12.8 Å². The van der Waals surface area contributed by atoms with Gasteiger partial charge in [-0.3, -0.25) is 10.1 Å². The third kappa shape index (κ3) is 3.24. The van der Waals surface area contributed by atoms with E-state index in [0.29, 0.717) is 5.82 Å². The molecule has 0 atom stereocenters. The van der Waals surface area contributed by atoms with Crippen molar-refractivity contribution in [3.8, 4) is 0 Å². The van der Waals surface area contributed by atoms with Crippen LogP contribution < -0.4 is 5.32 Å². The fraction of sp³-hybridized carbons (Fsp3) is 0.778. The van der Waals surface area contributed by atoms with Gasteiger partial charge in [0.05, 0.1) is 4.92 Å². The number of rotatable bonds is 4. The Morgan fingerprint density at radius 1 is 1.71 bits per heavy atom. The van der Waals surface area contributed by atoms with E-state index in [-0.39, 0.29) is 0 Å². The molecule has 1 N–H and O–H groups in total. The lowest BCUT2D eigenvalue weighted by molar-refractivity contribution is -0.404. The van der Waals surface area contributed by atoms with Crippen LogP contribution in [-0.4, -0.2) is 29.5 Å². The summed E-state index contributed by atoms with van der Waals surface area (Å²) in [6.45, 7) is 4.78. The van der Waals surface area contributed by atoms with E-state index >= 15 is 0 Å². The maximum atomic E-state index is 10.3. The van der Waals surface area contributed by atoms with Gasteiger partial charge in [0.2, 0.25) is 0 Å². The van der Waals surface area contributed by atoms with Crippen molar-refractivity contribution in [2.24, 2.45) is 0 Å². The van der Waals surface area contributed by atoms with Gasteiger partial charge < -0.3 is 10.2 Å². The highest BCUT2D eigenvalue weighted by molar-refractivity contribution is 4.97. The first-order valence-corrected chi connectivity index (χ1v) is 5.08. The van der Waals surface area contributed by atoms with Crippen LogP contribution in [0.5, 0.6) is 0 Å². The lowest BCUT2D eigenvalue weighted by Crippen LogP contribution is -2.40. The highest BCUT2D eigenvalue weighted by atomic mass is 16.6. The van der Waals surface area contributed by atoms with Gasteiger partial charge >= 0.3 is 0 Å².